The van der Waals surface area contributed by atoms with Crippen LogP contribution in [0.4, 0.5) is 17.2 Å². The molecule has 0 bridgehead atoms. The maximum atomic E-state index is 13.4. The van der Waals surface area contributed by atoms with E-state index in [0.29, 0.717) is 34.9 Å². The summed E-state index contributed by atoms with van der Waals surface area (Å²) in [4.78, 5) is 37.1. The molecule has 0 radical (unpaired) electrons. The molecule has 0 aliphatic carbocycles. The van der Waals surface area contributed by atoms with E-state index in [1.165, 1.54) is 11.9 Å². The highest BCUT2D eigenvalue weighted by atomic mass is 16.2. The van der Waals surface area contributed by atoms with Crippen molar-refractivity contribution in [2.75, 3.05) is 55.7 Å². The first-order valence-electron chi connectivity index (χ1n) is 12.5. The summed E-state index contributed by atoms with van der Waals surface area (Å²) in [5, 5.41) is 7.61. The van der Waals surface area contributed by atoms with Crippen molar-refractivity contribution in [1.29, 1.82) is 0 Å². The molecular weight excluding hydrogens is 456 g/mol. The van der Waals surface area contributed by atoms with Gasteiger partial charge < -0.3 is 25.8 Å². The number of hydrogen-bond acceptors (Lipinski definition) is 7. The van der Waals surface area contributed by atoms with Crippen LogP contribution in [0.25, 0.3) is 10.9 Å². The van der Waals surface area contributed by atoms with Gasteiger partial charge in [0, 0.05) is 50.8 Å². The van der Waals surface area contributed by atoms with Gasteiger partial charge in [-0.15, -0.1) is 0 Å². The number of aromatic nitrogens is 3. The molecule has 4 heterocycles. The van der Waals surface area contributed by atoms with Crippen LogP contribution in [0.1, 0.15) is 31.4 Å². The Balaban J connectivity index is 1.34. The number of anilines is 3. The van der Waals surface area contributed by atoms with Gasteiger partial charge >= 0.3 is 11.8 Å². The van der Waals surface area contributed by atoms with Gasteiger partial charge in [0.1, 0.15) is 11.3 Å². The normalized spacial score (nSPS) is 21.1. The second-order valence-electron chi connectivity index (χ2n) is 10.1. The minimum absolute atomic E-state index is 0.135. The summed E-state index contributed by atoms with van der Waals surface area (Å²) < 4.78 is 1.60. The lowest BCUT2D eigenvalue weighted by atomic mass is 9.89. The van der Waals surface area contributed by atoms with E-state index < -0.39 is 11.8 Å². The predicted octanol–water partition coefficient (Wildman–Crippen LogP) is 2.24. The number of rotatable bonds is 3. The summed E-state index contributed by atoms with van der Waals surface area (Å²) in [6, 6.07) is 8.36. The van der Waals surface area contributed by atoms with Crippen LogP contribution in [0.2, 0.25) is 0 Å². The third-order valence-electron chi connectivity index (χ3n) is 7.47. The Morgan fingerprint density at radius 3 is 2.47 bits per heavy atom. The Bertz CT molecular complexity index is 1260. The lowest BCUT2D eigenvalue weighted by Crippen LogP contribution is -2.46. The van der Waals surface area contributed by atoms with Crippen LogP contribution in [-0.4, -0.2) is 76.2 Å². The van der Waals surface area contributed by atoms with Crippen LogP contribution in [0, 0.1) is 5.92 Å². The Morgan fingerprint density at radius 2 is 1.75 bits per heavy atom. The van der Waals surface area contributed by atoms with Crippen LogP contribution < -0.4 is 16.0 Å². The first-order chi connectivity index (χ1) is 17.3. The maximum Gasteiger partial charge on any atom is 0.313 e. The number of nitrogens with zero attached hydrogens (tertiary/aromatic N) is 6. The number of carbonyl (C=O) groups is 2. The first-order valence-corrected chi connectivity index (χ1v) is 12.5. The van der Waals surface area contributed by atoms with Gasteiger partial charge in [-0.2, -0.15) is 5.10 Å². The molecule has 2 aliphatic heterocycles. The summed E-state index contributed by atoms with van der Waals surface area (Å²) in [7, 11) is 3.90. The average Bonchev–Trinajstić information content (AvgIpc) is 3.28. The summed E-state index contributed by atoms with van der Waals surface area (Å²) in [6.07, 6.45) is 4.91. The largest absolute Gasteiger partial charge is 0.382 e. The zero-order chi connectivity index (χ0) is 25.4. The van der Waals surface area contributed by atoms with E-state index in [2.05, 4.69) is 63.4 Å². The summed E-state index contributed by atoms with van der Waals surface area (Å²) >= 11 is 0. The molecule has 2 fully saturated rings. The van der Waals surface area contributed by atoms with Gasteiger partial charge in [-0.05, 0) is 43.5 Å². The van der Waals surface area contributed by atoms with Gasteiger partial charge in [0.15, 0.2) is 0 Å². The molecule has 2 atom stereocenters. The van der Waals surface area contributed by atoms with Crippen LogP contribution in [0.15, 0.2) is 36.7 Å². The molecule has 190 valence electrons. The van der Waals surface area contributed by atoms with Crippen LogP contribution in [0.3, 0.4) is 0 Å². The van der Waals surface area contributed by atoms with Crippen molar-refractivity contribution >= 4 is 39.9 Å². The van der Waals surface area contributed by atoms with Crippen molar-refractivity contribution in [2.45, 2.75) is 25.8 Å². The highest BCUT2D eigenvalue weighted by molar-refractivity contribution is 6.40. The molecule has 1 aromatic carbocycles. The fourth-order valence-corrected chi connectivity index (χ4v) is 5.30. The van der Waals surface area contributed by atoms with E-state index in [0.717, 1.165) is 44.6 Å². The standard InChI is InChI=1S/C26H34N8O2/c1-17-4-9-22(18-5-7-19(8-6-18)33-12-10-31(2)11-13-33)34(16-17)26(36)25(35)30-21-15-28-24(27)23-20(21)14-29-32(23)3/h5-8,14-15,17,22H,4,9-13,16H2,1-3H3,(H2,27,28)(H,30,35)/t17-,22+/m0/s1. The van der Waals surface area contributed by atoms with Crippen LogP contribution in [-0.2, 0) is 16.6 Å². The zero-order valence-electron chi connectivity index (χ0n) is 21.1. The second-order valence-corrected chi connectivity index (χ2v) is 10.1. The number of carbonyl (C=O) groups excluding carboxylic acids is 2. The topological polar surface area (TPSA) is 113 Å². The van der Waals surface area contributed by atoms with Gasteiger partial charge in [-0.25, -0.2) is 4.98 Å². The van der Waals surface area contributed by atoms with Crippen molar-refractivity contribution in [2.24, 2.45) is 13.0 Å². The van der Waals surface area contributed by atoms with Crippen molar-refractivity contribution in [3.63, 3.8) is 0 Å². The van der Waals surface area contributed by atoms with E-state index in [1.54, 1.807) is 22.8 Å². The van der Waals surface area contributed by atoms with Crippen LogP contribution >= 0.6 is 0 Å². The highest BCUT2D eigenvalue weighted by Gasteiger charge is 2.34. The molecule has 3 N–H and O–H groups in total. The smallest absolute Gasteiger partial charge is 0.313 e. The fraction of sp³-hybridized carbons (Fsp3) is 0.462. The minimum Gasteiger partial charge on any atom is -0.382 e. The number of nitrogens with two attached hydrogens (primary N) is 1. The van der Waals surface area contributed by atoms with E-state index in [9.17, 15) is 9.59 Å². The van der Waals surface area contributed by atoms with Crippen molar-refractivity contribution in [1.82, 2.24) is 24.6 Å². The molecule has 0 saturated carbocycles. The molecular formula is C26H34N8O2. The van der Waals surface area contributed by atoms with E-state index in [-0.39, 0.29) is 6.04 Å². The molecule has 10 heteroatoms. The van der Waals surface area contributed by atoms with Gasteiger partial charge in [0.2, 0.25) is 0 Å². The average molecular weight is 491 g/mol. The van der Waals surface area contributed by atoms with Gasteiger partial charge in [-0.1, -0.05) is 19.1 Å². The molecule has 10 nitrogen and oxygen atoms in total. The number of benzene rings is 1. The highest BCUT2D eigenvalue weighted by Crippen LogP contribution is 2.35. The summed E-state index contributed by atoms with van der Waals surface area (Å²) in [6.45, 7) is 6.77. The van der Waals surface area contributed by atoms with Gasteiger partial charge in [0.25, 0.3) is 0 Å². The number of piperazine rings is 1. The van der Waals surface area contributed by atoms with Crippen molar-refractivity contribution in [3.05, 3.63) is 42.2 Å². The van der Waals surface area contributed by atoms with E-state index in [4.69, 9.17) is 5.73 Å². The van der Waals surface area contributed by atoms with Crippen LogP contribution in [0.5, 0.6) is 0 Å². The molecule has 0 unspecified atom stereocenters. The summed E-state index contributed by atoms with van der Waals surface area (Å²) in [5.74, 6) is -0.575. The Labute approximate surface area is 211 Å². The Hall–Kier alpha value is -3.66. The minimum atomic E-state index is -0.681. The van der Waals surface area contributed by atoms with Gasteiger partial charge in [-0.3, -0.25) is 14.3 Å². The molecule has 2 amide bonds. The van der Waals surface area contributed by atoms with E-state index in [1.807, 2.05) is 0 Å². The number of fused-ring (bicyclic) bond motifs is 1. The maximum absolute atomic E-state index is 13.4. The number of amides is 2. The van der Waals surface area contributed by atoms with E-state index >= 15 is 0 Å². The number of nitrogens with one attached hydrogen (secondary N) is 1. The number of piperidine rings is 1. The number of nitrogen functional groups attached to an aromatic ring is 1. The molecule has 2 saturated heterocycles. The number of likely N-dealkylation sites (tertiary alicyclic amines) is 1. The molecule has 5 rings (SSSR count). The SMILES string of the molecule is C[C@H]1CC[C@H](c2ccc(N3CCN(C)CC3)cc2)N(C(=O)C(=O)Nc2cnc(N)c3c2cnn3C)C1. The lowest BCUT2D eigenvalue weighted by molar-refractivity contribution is -0.146. The third-order valence-corrected chi connectivity index (χ3v) is 7.47. The fourth-order valence-electron chi connectivity index (χ4n) is 5.30. The second kappa shape index (κ2) is 9.77. The number of likely N-dealkylation sites (N-methyl/N-ethyl adjacent to an activating group) is 1. The number of aryl methyl sites for hydroxylation is 1. The quantitative estimate of drug-likeness (QED) is 0.542. The molecule has 2 aromatic heterocycles. The Morgan fingerprint density at radius 1 is 1.03 bits per heavy atom. The van der Waals surface area contributed by atoms with Gasteiger partial charge in [0.05, 0.1) is 24.1 Å². The molecule has 0 spiro atoms. The number of pyridine rings is 1. The number of hydrogen-bond donors (Lipinski definition) is 2. The monoisotopic (exact) mass is 490 g/mol. The Kier molecular flexibility index (Phi) is 6.53. The molecule has 3 aromatic rings. The van der Waals surface area contributed by atoms with Crippen molar-refractivity contribution < 1.29 is 9.59 Å². The van der Waals surface area contributed by atoms with Crippen molar-refractivity contribution in [3.8, 4) is 0 Å². The molecule has 2 aliphatic rings. The lowest BCUT2D eigenvalue weighted by Gasteiger charge is -2.39. The zero-order valence-corrected chi connectivity index (χ0v) is 21.1. The predicted molar refractivity (Wildman–Crippen MR) is 141 cm³/mol. The third kappa shape index (κ3) is 4.60. The summed E-state index contributed by atoms with van der Waals surface area (Å²) in [5.41, 5.74) is 9.27. The first kappa shape index (κ1) is 24.1. The molecule has 36 heavy (non-hydrogen) atoms.